The fourth-order valence-electron chi connectivity index (χ4n) is 3.06. The van der Waals surface area contributed by atoms with Gasteiger partial charge in [0.25, 0.3) is 0 Å². The summed E-state index contributed by atoms with van der Waals surface area (Å²) in [5.74, 6) is 0.788. The van der Waals surface area contributed by atoms with Gasteiger partial charge in [-0.05, 0) is 62.6 Å². The number of hydrogen-bond acceptors (Lipinski definition) is 3. The quantitative estimate of drug-likeness (QED) is 0.665. The van der Waals surface area contributed by atoms with Gasteiger partial charge in [0.1, 0.15) is 11.6 Å². The Morgan fingerprint density at radius 1 is 1.18 bits per heavy atom. The minimum Gasteiger partial charge on any atom is -0.439 e. The highest BCUT2D eigenvalue weighted by Gasteiger charge is 2.24. The van der Waals surface area contributed by atoms with Crippen LogP contribution >= 0.6 is 0 Å². The van der Waals surface area contributed by atoms with Crippen LogP contribution in [-0.4, -0.2) is 21.7 Å². The zero-order valence-electron chi connectivity index (χ0n) is 15.7. The molecule has 4 rings (SSSR count). The highest BCUT2D eigenvalue weighted by molar-refractivity contribution is 5.77. The smallest absolute Gasteiger partial charge is 0.226 e. The summed E-state index contributed by atoms with van der Waals surface area (Å²) < 4.78 is 21.1. The molecule has 1 fully saturated rings. The number of hydrogen-bond donors (Lipinski definition) is 1. The van der Waals surface area contributed by atoms with Crippen LogP contribution in [0.3, 0.4) is 0 Å². The molecular formula is C22H22FN3O2. The van der Waals surface area contributed by atoms with E-state index in [9.17, 15) is 9.18 Å². The first-order valence-corrected chi connectivity index (χ1v) is 9.47. The lowest BCUT2D eigenvalue weighted by Crippen LogP contribution is -2.25. The first kappa shape index (κ1) is 18.2. The van der Waals surface area contributed by atoms with Gasteiger partial charge in [0.2, 0.25) is 11.8 Å². The van der Waals surface area contributed by atoms with Gasteiger partial charge < -0.3 is 10.1 Å². The second-order valence-electron chi connectivity index (χ2n) is 7.01. The molecule has 1 amide bonds. The number of amides is 1. The third-order valence-corrected chi connectivity index (χ3v) is 4.71. The van der Waals surface area contributed by atoms with Crippen molar-refractivity contribution in [3.63, 3.8) is 0 Å². The van der Waals surface area contributed by atoms with Gasteiger partial charge in [-0.3, -0.25) is 4.79 Å². The van der Waals surface area contributed by atoms with Crippen molar-refractivity contribution >= 4 is 5.91 Å². The monoisotopic (exact) mass is 379 g/mol. The molecule has 6 heteroatoms. The van der Waals surface area contributed by atoms with E-state index in [1.807, 2.05) is 37.3 Å². The van der Waals surface area contributed by atoms with Crippen LogP contribution < -0.4 is 10.1 Å². The van der Waals surface area contributed by atoms with Crippen LogP contribution in [0.5, 0.6) is 11.6 Å². The van der Waals surface area contributed by atoms with Crippen LogP contribution in [0.4, 0.5) is 4.39 Å². The molecule has 0 spiro atoms. The normalized spacial score (nSPS) is 13.4. The van der Waals surface area contributed by atoms with E-state index >= 15 is 0 Å². The minimum absolute atomic E-state index is 0.0436. The molecule has 2 aromatic carbocycles. The molecule has 1 saturated carbocycles. The lowest BCUT2D eigenvalue weighted by Gasteiger charge is -2.11. The first-order chi connectivity index (χ1) is 13.6. The Bertz CT molecular complexity index is 963. The fraction of sp³-hybridized carbons (Fsp3) is 0.273. The van der Waals surface area contributed by atoms with Crippen molar-refractivity contribution in [3.05, 3.63) is 71.7 Å². The van der Waals surface area contributed by atoms with Gasteiger partial charge in [-0.25, -0.2) is 9.07 Å². The van der Waals surface area contributed by atoms with Crippen molar-refractivity contribution in [1.29, 1.82) is 0 Å². The average Bonchev–Trinajstić information content (AvgIpc) is 3.46. The van der Waals surface area contributed by atoms with E-state index in [0.717, 1.165) is 29.8 Å². The van der Waals surface area contributed by atoms with Crippen LogP contribution in [0.15, 0.2) is 54.6 Å². The van der Waals surface area contributed by atoms with Gasteiger partial charge in [-0.1, -0.05) is 18.2 Å². The van der Waals surface area contributed by atoms with E-state index in [1.165, 1.54) is 12.1 Å². The van der Waals surface area contributed by atoms with Crippen LogP contribution in [0.1, 0.15) is 30.5 Å². The van der Waals surface area contributed by atoms with Crippen LogP contribution in [0, 0.1) is 12.7 Å². The maximum atomic E-state index is 13.3. The van der Waals surface area contributed by atoms with Gasteiger partial charge in [0.15, 0.2) is 0 Å². The summed E-state index contributed by atoms with van der Waals surface area (Å²) in [6.07, 6.45) is 3.02. The fourth-order valence-corrected chi connectivity index (χ4v) is 3.06. The van der Waals surface area contributed by atoms with E-state index in [-0.39, 0.29) is 11.7 Å². The predicted octanol–water partition coefficient (Wildman–Crippen LogP) is 4.32. The third-order valence-electron chi connectivity index (χ3n) is 4.71. The predicted molar refractivity (Wildman–Crippen MR) is 104 cm³/mol. The van der Waals surface area contributed by atoms with Crippen molar-refractivity contribution in [2.75, 3.05) is 0 Å². The zero-order valence-corrected chi connectivity index (χ0v) is 15.7. The van der Waals surface area contributed by atoms with E-state index < -0.39 is 0 Å². The third kappa shape index (κ3) is 4.22. The molecule has 0 radical (unpaired) electrons. The standard InChI is InChI=1S/C22H22FN3O2/c1-15-20(13-14-21(27)24-17-9-10-17)22(28-19-11-7-16(23)8-12-19)26(25-15)18-5-3-2-4-6-18/h2-8,11-12,17H,9-10,13-14H2,1H3,(H,24,27). The largest absolute Gasteiger partial charge is 0.439 e. The van der Waals surface area contributed by atoms with Crippen molar-refractivity contribution in [2.24, 2.45) is 0 Å². The molecule has 1 aromatic heterocycles. The number of ether oxygens (including phenoxy) is 1. The van der Waals surface area contributed by atoms with Crippen molar-refractivity contribution in [2.45, 2.75) is 38.6 Å². The number of nitrogens with one attached hydrogen (secondary N) is 1. The Balaban J connectivity index is 1.64. The lowest BCUT2D eigenvalue weighted by atomic mass is 10.1. The zero-order chi connectivity index (χ0) is 19.5. The summed E-state index contributed by atoms with van der Waals surface area (Å²) in [5.41, 5.74) is 2.54. The van der Waals surface area contributed by atoms with Crippen LogP contribution in [0.25, 0.3) is 5.69 Å². The van der Waals surface area contributed by atoms with Gasteiger partial charge in [0, 0.05) is 18.0 Å². The van der Waals surface area contributed by atoms with Crippen molar-refractivity contribution in [1.82, 2.24) is 15.1 Å². The summed E-state index contributed by atoms with van der Waals surface area (Å²) >= 11 is 0. The molecule has 0 unspecified atom stereocenters. The number of carbonyl (C=O) groups excluding carboxylic acids is 1. The van der Waals surface area contributed by atoms with Gasteiger partial charge >= 0.3 is 0 Å². The summed E-state index contributed by atoms with van der Waals surface area (Å²) in [7, 11) is 0. The second-order valence-corrected chi connectivity index (χ2v) is 7.01. The number of rotatable bonds is 7. The van der Waals surface area contributed by atoms with Gasteiger partial charge in [-0.2, -0.15) is 5.10 Å². The molecular weight excluding hydrogens is 357 g/mol. The van der Waals surface area contributed by atoms with Crippen molar-refractivity contribution in [3.8, 4) is 17.3 Å². The number of nitrogens with zero attached hydrogens (tertiary/aromatic N) is 2. The number of carbonyl (C=O) groups is 1. The van der Waals surface area contributed by atoms with E-state index in [4.69, 9.17) is 4.74 Å². The van der Waals surface area contributed by atoms with E-state index in [0.29, 0.717) is 30.5 Å². The minimum atomic E-state index is -0.322. The molecule has 144 valence electrons. The topological polar surface area (TPSA) is 56.2 Å². The molecule has 1 heterocycles. The molecule has 0 saturated heterocycles. The highest BCUT2D eigenvalue weighted by atomic mass is 19.1. The Morgan fingerprint density at radius 2 is 1.89 bits per heavy atom. The lowest BCUT2D eigenvalue weighted by molar-refractivity contribution is -0.121. The second kappa shape index (κ2) is 7.84. The van der Waals surface area contributed by atoms with Crippen LogP contribution in [-0.2, 0) is 11.2 Å². The van der Waals surface area contributed by atoms with Crippen molar-refractivity contribution < 1.29 is 13.9 Å². The number of aryl methyl sites for hydroxylation is 1. The number of para-hydroxylation sites is 1. The highest BCUT2D eigenvalue weighted by Crippen LogP contribution is 2.31. The number of aromatic nitrogens is 2. The molecule has 1 aliphatic rings. The first-order valence-electron chi connectivity index (χ1n) is 9.47. The molecule has 0 bridgehead atoms. The Labute approximate surface area is 163 Å². The molecule has 3 aromatic rings. The van der Waals surface area contributed by atoms with Gasteiger partial charge in [0.05, 0.1) is 11.4 Å². The summed E-state index contributed by atoms with van der Waals surface area (Å²) in [4.78, 5) is 12.1. The summed E-state index contributed by atoms with van der Waals surface area (Å²) in [6, 6.07) is 15.9. The molecule has 5 nitrogen and oxygen atoms in total. The summed E-state index contributed by atoms with van der Waals surface area (Å²) in [6.45, 7) is 1.91. The van der Waals surface area contributed by atoms with E-state index in [1.54, 1.807) is 16.8 Å². The SMILES string of the molecule is Cc1nn(-c2ccccc2)c(Oc2ccc(F)cc2)c1CCC(=O)NC1CC1. The molecule has 0 aliphatic heterocycles. The Morgan fingerprint density at radius 3 is 2.57 bits per heavy atom. The Kier molecular flexibility index (Phi) is 5.10. The molecule has 1 N–H and O–H groups in total. The number of halogens is 1. The maximum absolute atomic E-state index is 13.3. The average molecular weight is 379 g/mol. The van der Waals surface area contributed by atoms with E-state index in [2.05, 4.69) is 10.4 Å². The Hall–Kier alpha value is -3.15. The van der Waals surface area contributed by atoms with Gasteiger partial charge in [-0.15, -0.1) is 0 Å². The molecule has 1 aliphatic carbocycles. The number of benzene rings is 2. The molecule has 0 atom stereocenters. The summed E-state index contributed by atoms with van der Waals surface area (Å²) in [5, 5.41) is 7.64. The molecule has 28 heavy (non-hydrogen) atoms. The van der Waals surface area contributed by atoms with Crippen LogP contribution in [0.2, 0.25) is 0 Å². The maximum Gasteiger partial charge on any atom is 0.226 e.